The van der Waals surface area contributed by atoms with Crippen LogP contribution in [0.3, 0.4) is 0 Å². The molecular weight excluding hydrogens is 248 g/mol. The van der Waals surface area contributed by atoms with Gasteiger partial charge in [0.2, 0.25) is 0 Å². The number of carbonyl (C=O) groups excluding carboxylic acids is 1. The number of amides is 1. The fourth-order valence-electron chi connectivity index (χ4n) is 2.12. The predicted molar refractivity (Wildman–Crippen MR) is 70.6 cm³/mol. The molecule has 1 amide bonds. The molecule has 1 rings (SSSR count). The number of aliphatic hydroxyl groups is 1. The van der Waals surface area contributed by atoms with Crippen LogP contribution in [0.2, 0.25) is 0 Å². The highest BCUT2D eigenvalue weighted by atomic mass is 16.6. The van der Waals surface area contributed by atoms with Gasteiger partial charge >= 0.3 is 6.09 Å². The van der Waals surface area contributed by atoms with E-state index in [1.54, 1.807) is 27.7 Å². The number of β-amino-alcohol motifs (C(OH)–C–C–N with tert-alkyl or cyclic N) is 1. The molecule has 0 saturated carbocycles. The molecule has 0 radical (unpaired) electrons. The van der Waals surface area contributed by atoms with Crippen LogP contribution in [0.5, 0.6) is 0 Å². The average molecular weight is 270 g/mol. The highest BCUT2D eigenvalue weighted by Gasteiger charge is 2.35. The maximum absolute atomic E-state index is 12.0. The Bertz CT molecular complexity index is 383. The van der Waals surface area contributed by atoms with E-state index in [9.17, 15) is 9.90 Å². The lowest BCUT2D eigenvalue weighted by Crippen LogP contribution is -2.44. The number of carbonyl (C=O) groups is 1. The SMILES string of the molecule is CC(C)(C)OC(=O)N1CC[C@@H](N=[N+]=[N-])C[C@](C)(O)C1. The molecule has 1 heterocycles. The van der Waals surface area contributed by atoms with E-state index in [-0.39, 0.29) is 12.6 Å². The third-order valence-corrected chi connectivity index (χ3v) is 2.81. The Kier molecular flexibility index (Phi) is 4.66. The van der Waals surface area contributed by atoms with Crippen LogP contribution in [-0.2, 0) is 4.74 Å². The van der Waals surface area contributed by atoms with E-state index in [2.05, 4.69) is 10.0 Å². The summed E-state index contributed by atoms with van der Waals surface area (Å²) in [5.41, 5.74) is 6.83. The topological polar surface area (TPSA) is 98.5 Å². The third kappa shape index (κ3) is 5.36. The van der Waals surface area contributed by atoms with Crippen LogP contribution < -0.4 is 0 Å². The van der Waals surface area contributed by atoms with Crippen molar-refractivity contribution in [3.05, 3.63) is 10.4 Å². The van der Waals surface area contributed by atoms with E-state index >= 15 is 0 Å². The summed E-state index contributed by atoms with van der Waals surface area (Å²) in [4.78, 5) is 16.3. The molecule has 1 saturated heterocycles. The second kappa shape index (κ2) is 5.67. The van der Waals surface area contributed by atoms with Crippen molar-refractivity contribution in [1.82, 2.24) is 4.90 Å². The second-order valence-corrected chi connectivity index (χ2v) is 6.25. The molecule has 19 heavy (non-hydrogen) atoms. The number of ether oxygens (including phenoxy) is 1. The number of nitrogens with zero attached hydrogens (tertiary/aromatic N) is 4. The summed E-state index contributed by atoms with van der Waals surface area (Å²) >= 11 is 0. The van der Waals surface area contributed by atoms with Gasteiger partial charge in [-0.2, -0.15) is 0 Å². The van der Waals surface area contributed by atoms with Crippen molar-refractivity contribution in [1.29, 1.82) is 0 Å². The van der Waals surface area contributed by atoms with Crippen LogP contribution in [0.1, 0.15) is 40.5 Å². The largest absolute Gasteiger partial charge is 0.444 e. The molecule has 2 atom stereocenters. The maximum Gasteiger partial charge on any atom is 0.410 e. The van der Waals surface area contributed by atoms with Gasteiger partial charge in [-0.05, 0) is 46.1 Å². The van der Waals surface area contributed by atoms with Crippen LogP contribution >= 0.6 is 0 Å². The predicted octanol–water partition coefficient (Wildman–Crippen LogP) is 2.45. The lowest BCUT2D eigenvalue weighted by molar-refractivity contribution is -0.00639. The van der Waals surface area contributed by atoms with Gasteiger partial charge in [0.15, 0.2) is 0 Å². The van der Waals surface area contributed by atoms with Crippen LogP contribution in [0.4, 0.5) is 4.79 Å². The van der Waals surface area contributed by atoms with Gasteiger partial charge in [-0.15, -0.1) is 0 Å². The van der Waals surface area contributed by atoms with E-state index in [1.807, 2.05) is 0 Å². The van der Waals surface area contributed by atoms with Crippen molar-refractivity contribution >= 4 is 6.09 Å². The zero-order valence-corrected chi connectivity index (χ0v) is 12.0. The molecule has 1 aliphatic rings. The molecule has 7 heteroatoms. The minimum absolute atomic E-state index is 0.180. The Morgan fingerprint density at radius 1 is 1.58 bits per heavy atom. The van der Waals surface area contributed by atoms with E-state index in [0.717, 1.165) is 0 Å². The summed E-state index contributed by atoms with van der Waals surface area (Å²) in [7, 11) is 0. The van der Waals surface area contributed by atoms with E-state index in [0.29, 0.717) is 19.4 Å². The monoisotopic (exact) mass is 270 g/mol. The molecule has 0 aromatic rings. The van der Waals surface area contributed by atoms with Gasteiger partial charge in [0.25, 0.3) is 0 Å². The van der Waals surface area contributed by atoms with E-state index in [4.69, 9.17) is 10.3 Å². The molecular formula is C12H22N4O3. The quantitative estimate of drug-likeness (QED) is 0.450. The van der Waals surface area contributed by atoms with Gasteiger partial charge in [0, 0.05) is 17.5 Å². The Hall–Kier alpha value is -1.46. The first-order chi connectivity index (χ1) is 8.63. The number of hydrogen-bond donors (Lipinski definition) is 1. The molecule has 1 N–H and O–H groups in total. The summed E-state index contributed by atoms with van der Waals surface area (Å²) in [6.07, 6.45) is 0.421. The number of hydrogen-bond acceptors (Lipinski definition) is 4. The Morgan fingerprint density at radius 3 is 2.74 bits per heavy atom. The number of rotatable bonds is 1. The van der Waals surface area contributed by atoms with Gasteiger partial charge in [-0.25, -0.2) is 4.79 Å². The first kappa shape index (κ1) is 15.6. The van der Waals surface area contributed by atoms with Crippen molar-refractivity contribution in [2.24, 2.45) is 5.11 Å². The molecule has 0 unspecified atom stereocenters. The van der Waals surface area contributed by atoms with Gasteiger partial charge < -0.3 is 14.7 Å². The molecule has 1 aliphatic heterocycles. The Balaban J connectivity index is 2.76. The number of likely N-dealkylation sites (tertiary alicyclic amines) is 1. The Labute approximate surface area is 113 Å². The highest BCUT2D eigenvalue weighted by molar-refractivity contribution is 5.68. The van der Waals surface area contributed by atoms with Crippen LogP contribution in [-0.4, -0.2) is 46.4 Å². The first-order valence-electron chi connectivity index (χ1n) is 6.37. The van der Waals surface area contributed by atoms with Crippen molar-refractivity contribution < 1.29 is 14.6 Å². The number of azide groups is 1. The van der Waals surface area contributed by atoms with Crippen molar-refractivity contribution in [2.45, 2.75) is 57.8 Å². The fourth-order valence-corrected chi connectivity index (χ4v) is 2.12. The summed E-state index contributed by atoms with van der Waals surface area (Å²) in [6, 6.07) is -0.299. The van der Waals surface area contributed by atoms with Crippen molar-refractivity contribution in [3.8, 4) is 0 Å². The van der Waals surface area contributed by atoms with Crippen LogP contribution in [0.15, 0.2) is 5.11 Å². The van der Waals surface area contributed by atoms with Gasteiger partial charge in [0.1, 0.15) is 5.60 Å². The van der Waals surface area contributed by atoms with E-state index < -0.39 is 17.3 Å². The molecule has 108 valence electrons. The van der Waals surface area contributed by atoms with Crippen LogP contribution in [0.25, 0.3) is 10.4 Å². The molecule has 7 nitrogen and oxygen atoms in total. The summed E-state index contributed by atoms with van der Waals surface area (Å²) in [5.74, 6) is 0. The van der Waals surface area contributed by atoms with Gasteiger partial charge in [-0.3, -0.25) is 0 Å². The smallest absolute Gasteiger partial charge is 0.410 e. The second-order valence-electron chi connectivity index (χ2n) is 6.25. The minimum Gasteiger partial charge on any atom is -0.444 e. The zero-order valence-electron chi connectivity index (χ0n) is 12.0. The average Bonchev–Trinajstić information content (AvgIpc) is 2.34. The summed E-state index contributed by atoms with van der Waals surface area (Å²) in [5, 5.41) is 13.9. The van der Waals surface area contributed by atoms with Crippen molar-refractivity contribution in [2.75, 3.05) is 13.1 Å². The van der Waals surface area contributed by atoms with Crippen LogP contribution in [0, 0.1) is 0 Å². The standard InChI is InChI=1S/C12H22N4O3/c1-11(2,3)19-10(17)16-6-5-9(14-15-13)7-12(4,18)8-16/h9,18H,5-8H2,1-4H3/t9-,12+/m1/s1. The normalized spacial score (nSPS) is 28.3. The minimum atomic E-state index is -1.08. The van der Waals surface area contributed by atoms with Crippen molar-refractivity contribution in [3.63, 3.8) is 0 Å². The molecule has 0 aliphatic carbocycles. The molecule has 1 fully saturated rings. The van der Waals surface area contributed by atoms with Gasteiger partial charge in [0.05, 0.1) is 12.1 Å². The first-order valence-corrected chi connectivity index (χ1v) is 6.37. The summed E-state index contributed by atoms with van der Waals surface area (Å²) < 4.78 is 5.29. The van der Waals surface area contributed by atoms with Gasteiger partial charge in [-0.1, -0.05) is 5.11 Å². The lowest BCUT2D eigenvalue weighted by atomic mass is 9.97. The Morgan fingerprint density at radius 2 is 2.21 bits per heavy atom. The maximum atomic E-state index is 12.0. The molecule has 0 aromatic heterocycles. The fraction of sp³-hybridized carbons (Fsp3) is 0.917. The molecule has 0 spiro atoms. The summed E-state index contributed by atoms with van der Waals surface area (Å²) in [6.45, 7) is 7.61. The van der Waals surface area contributed by atoms with E-state index in [1.165, 1.54) is 4.90 Å². The molecule has 0 aromatic carbocycles. The highest BCUT2D eigenvalue weighted by Crippen LogP contribution is 2.24. The lowest BCUT2D eigenvalue weighted by Gasteiger charge is -2.30. The molecule has 0 bridgehead atoms. The third-order valence-electron chi connectivity index (χ3n) is 2.81. The zero-order chi connectivity index (χ0) is 14.7.